The minimum absolute atomic E-state index is 0.324. The fourth-order valence-corrected chi connectivity index (χ4v) is 3.22. The molecule has 1 amide bonds. The van der Waals surface area contributed by atoms with Crippen LogP contribution in [0.4, 0.5) is 0 Å². The molecule has 0 radical (unpaired) electrons. The molecule has 1 aromatic heterocycles. The lowest BCUT2D eigenvalue weighted by molar-refractivity contribution is -0.132. The first-order chi connectivity index (χ1) is 10.7. The SMILES string of the molecule is CN(C(=O)CCCCCCc1nnnn1C)C1CCCCC1. The molecule has 0 saturated heterocycles. The number of aryl methyl sites for hydroxylation is 2. The monoisotopic (exact) mass is 307 g/mol. The van der Waals surface area contributed by atoms with Crippen LogP contribution in [-0.4, -0.2) is 44.1 Å². The number of rotatable bonds is 8. The summed E-state index contributed by atoms with van der Waals surface area (Å²) in [6.45, 7) is 0. The number of tetrazole rings is 1. The van der Waals surface area contributed by atoms with Crippen LogP contribution in [0, 0.1) is 0 Å². The summed E-state index contributed by atoms with van der Waals surface area (Å²) in [6.07, 6.45) is 12.2. The van der Waals surface area contributed by atoms with Crippen LogP contribution in [0.1, 0.15) is 70.0 Å². The van der Waals surface area contributed by atoms with Gasteiger partial charge in [-0.15, -0.1) is 5.10 Å². The quantitative estimate of drug-likeness (QED) is 0.692. The summed E-state index contributed by atoms with van der Waals surface area (Å²) < 4.78 is 1.72. The van der Waals surface area contributed by atoms with E-state index in [2.05, 4.69) is 15.5 Å². The second kappa shape index (κ2) is 8.86. The van der Waals surface area contributed by atoms with Crippen LogP contribution in [0.2, 0.25) is 0 Å². The van der Waals surface area contributed by atoms with Crippen molar-refractivity contribution in [1.82, 2.24) is 25.1 Å². The van der Waals surface area contributed by atoms with E-state index in [1.54, 1.807) is 4.68 Å². The maximum Gasteiger partial charge on any atom is 0.222 e. The summed E-state index contributed by atoms with van der Waals surface area (Å²) in [5, 5.41) is 11.4. The van der Waals surface area contributed by atoms with Gasteiger partial charge in [0.2, 0.25) is 5.91 Å². The predicted octanol–water partition coefficient (Wildman–Crippen LogP) is 2.49. The molecule has 1 saturated carbocycles. The van der Waals surface area contributed by atoms with Gasteiger partial charge in [0.25, 0.3) is 0 Å². The Labute approximate surface area is 133 Å². The molecule has 1 heterocycles. The number of amides is 1. The highest BCUT2D eigenvalue weighted by Gasteiger charge is 2.21. The van der Waals surface area contributed by atoms with Gasteiger partial charge in [-0.2, -0.15) is 0 Å². The van der Waals surface area contributed by atoms with Gasteiger partial charge in [-0.05, 0) is 36.1 Å². The fourth-order valence-electron chi connectivity index (χ4n) is 3.22. The summed E-state index contributed by atoms with van der Waals surface area (Å²) >= 11 is 0. The molecule has 0 unspecified atom stereocenters. The average molecular weight is 307 g/mol. The van der Waals surface area contributed by atoms with Crippen LogP contribution >= 0.6 is 0 Å². The van der Waals surface area contributed by atoms with Crippen molar-refractivity contribution in [3.8, 4) is 0 Å². The van der Waals surface area contributed by atoms with Gasteiger partial charge in [-0.3, -0.25) is 4.79 Å². The Hall–Kier alpha value is -1.46. The summed E-state index contributed by atoms with van der Waals surface area (Å²) in [5.74, 6) is 1.26. The second-order valence-electron chi connectivity index (χ2n) is 6.43. The van der Waals surface area contributed by atoms with Crippen LogP contribution < -0.4 is 0 Å². The van der Waals surface area contributed by atoms with Gasteiger partial charge in [-0.1, -0.05) is 32.1 Å². The maximum atomic E-state index is 12.2. The van der Waals surface area contributed by atoms with Crippen LogP contribution in [0.25, 0.3) is 0 Å². The van der Waals surface area contributed by atoms with E-state index in [1.807, 2.05) is 19.0 Å². The summed E-state index contributed by atoms with van der Waals surface area (Å²) in [7, 11) is 3.86. The molecule has 1 fully saturated rings. The van der Waals surface area contributed by atoms with Crippen molar-refractivity contribution in [2.45, 2.75) is 76.7 Å². The molecule has 0 N–H and O–H groups in total. The molecule has 6 nitrogen and oxygen atoms in total. The van der Waals surface area contributed by atoms with Crippen LogP contribution in [-0.2, 0) is 18.3 Å². The number of unbranched alkanes of at least 4 members (excludes halogenated alkanes) is 3. The zero-order valence-corrected chi connectivity index (χ0v) is 14.0. The van der Waals surface area contributed by atoms with E-state index in [9.17, 15) is 4.79 Å². The van der Waals surface area contributed by atoms with E-state index in [-0.39, 0.29) is 0 Å². The molecular weight excluding hydrogens is 278 g/mol. The molecule has 2 rings (SSSR count). The van der Waals surface area contributed by atoms with Gasteiger partial charge in [0.05, 0.1) is 0 Å². The summed E-state index contributed by atoms with van der Waals surface area (Å²) in [6, 6.07) is 0.490. The van der Waals surface area contributed by atoms with Crippen molar-refractivity contribution in [2.75, 3.05) is 7.05 Å². The van der Waals surface area contributed by atoms with E-state index in [4.69, 9.17) is 0 Å². The lowest BCUT2D eigenvalue weighted by Crippen LogP contribution is -2.38. The first-order valence-corrected chi connectivity index (χ1v) is 8.65. The Balaban J connectivity index is 1.54. The van der Waals surface area contributed by atoms with E-state index < -0.39 is 0 Å². The third-order valence-electron chi connectivity index (χ3n) is 4.76. The maximum absolute atomic E-state index is 12.2. The standard InChI is InChI=1S/C16H29N5O/c1-20(14-10-6-5-7-11-14)16(22)13-9-4-3-8-12-15-17-18-19-21(15)2/h14H,3-13H2,1-2H3. The third kappa shape index (κ3) is 5.07. The van der Waals surface area contributed by atoms with Crippen LogP contribution in [0.5, 0.6) is 0 Å². The molecule has 0 bridgehead atoms. The number of carbonyl (C=O) groups excluding carboxylic acids is 1. The zero-order chi connectivity index (χ0) is 15.8. The minimum atomic E-state index is 0.324. The molecule has 22 heavy (non-hydrogen) atoms. The molecular formula is C16H29N5O. The Kier molecular flexibility index (Phi) is 6.80. The van der Waals surface area contributed by atoms with Crippen molar-refractivity contribution in [3.63, 3.8) is 0 Å². The van der Waals surface area contributed by atoms with Gasteiger partial charge in [0, 0.05) is 33.0 Å². The zero-order valence-electron chi connectivity index (χ0n) is 14.0. The highest BCUT2D eigenvalue weighted by Crippen LogP contribution is 2.22. The summed E-state index contributed by atoms with van der Waals surface area (Å²) in [5.41, 5.74) is 0. The third-order valence-corrected chi connectivity index (χ3v) is 4.76. The van der Waals surface area contributed by atoms with Crippen LogP contribution in [0.3, 0.4) is 0 Å². The lowest BCUT2D eigenvalue weighted by Gasteiger charge is -2.31. The minimum Gasteiger partial charge on any atom is -0.343 e. The first-order valence-electron chi connectivity index (χ1n) is 8.65. The molecule has 0 spiro atoms. The molecule has 6 heteroatoms. The topological polar surface area (TPSA) is 63.9 Å². The van der Waals surface area contributed by atoms with Crippen molar-refractivity contribution in [1.29, 1.82) is 0 Å². The normalized spacial score (nSPS) is 15.9. The largest absolute Gasteiger partial charge is 0.343 e. The van der Waals surface area contributed by atoms with Crippen molar-refractivity contribution < 1.29 is 4.79 Å². The number of hydrogen-bond donors (Lipinski definition) is 0. The van der Waals surface area contributed by atoms with Crippen molar-refractivity contribution in [3.05, 3.63) is 5.82 Å². The van der Waals surface area contributed by atoms with Gasteiger partial charge < -0.3 is 4.90 Å². The van der Waals surface area contributed by atoms with Crippen LogP contribution in [0.15, 0.2) is 0 Å². The Bertz CT molecular complexity index is 453. The highest BCUT2D eigenvalue weighted by molar-refractivity contribution is 5.76. The number of nitrogens with zero attached hydrogens (tertiary/aromatic N) is 5. The molecule has 1 aliphatic carbocycles. The molecule has 0 atom stereocenters. The van der Waals surface area contributed by atoms with Crippen molar-refractivity contribution in [2.24, 2.45) is 7.05 Å². The number of aromatic nitrogens is 4. The first kappa shape index (κ1) is 16.9. The van der Waals surface area contributed by atoms with Gasteiger partial charge in [0.15, 0.2) is 5.82 Å². The fraction of sp³-hybridized carbons (Fsp3) is 0.875. The molecule has 0 aromatic carbocycles. The molecule has 124 valence electrons. The number of hydrogen-bond acceptors (Lipinski definition) is 4. The van der Waals surface area contributed by atoms with Gasteiger partial charge in [0.1, 0.15) is 0 Å². The van der Waals surface area contributed by atoms with Gasteiger partial charge in [-0.25, -0.2) is 4.68 Å². The highest BCUT2D eigenvalue weighted by atomic mass is 16.2. The molecule has 1 aliphatic rings. The second-order valence-corrected chi connectivity index (χ2v) is 6.43. The Morgan fingerprint density at radius 1 is 1.18 bits per heavy atom. The predicted molar refractivity (Wildman–Crippen MR) is 85.2 cm³/mol. The number of carbonyl (C=O) groups is 1. The Morgan fingerprint density at radius 3 is 2.59 bits per heavy atom. The molecule has 1 aromatic rings. The van der Waals surface area contributed by atoms with E-state index in [1.165, 1.54) is 32.1 Å². The van der Waals surface area contributed by atoms with E-state index in [0.717, 1.165) is 37.9 Å². The summed E-state index contributed by atoms with van der Waals surface area (Å²) in [4.78, 5) is 14.2. The molecule has 0 aliphatic heterocycles. The average Bonchev–Trinajstić information content (AvgIpc) is 2.95. The van der Waals surface area contributed by atoms with E-state index >= 15 is 0 Å². The Morgan fingerprint density at radius 2 is 1.91 bits per heavy atom. The van der Waals surface area contributed by atoms with E-state index in [0.29, 0.717) is 18.4 Å². The lowest BCUT2D eigenvalue weighted by atomic mass is 9.94. The smallest absolute Gasteiger partial charge is 0.222 e. The van der Waals surface area contributed by atoms with Gasteiger partial charge >= 0.3 is 0 Å². The van der Waals surface area contributed by atoms with Crippen molar-refractivity contribution >= 4 is 5.91 Å².